The van der Waals surface area contributed by atoms with Gasteiger partial charge in [0.25, 0.3) is 0 Å². The van der Waals surface area contributed by atoms with Crippen LogP contribution in [-0.2, 0) is 6.42 Å². The summed E-state index contributed by atoms with van der Waals surface area (Å²) in [6.07, 6.45) is 3.52. The molecule has 28 heavy (non-hydrogen) atoms. The fourth-order valence-electron chi connectivity index (χ4n) is 2.71. The summed E-state index contributed by atoms with van der Waals surface area (Å²) in [7, 11) is 0. The van der Waals surface area contributed by atoms with Crippen LogP contribution >= 0.6 is 12.2 Å². The summed E-state index contributed by atoms with van der Waals surface area (Å²) in [5.41, 5.74) is 4.14. The van der Waals surface area contributed by atoms with Gasteiger partial charge < -0.3 is 16.0 Å². The van der Waals surface area contributed by atoms with E-state index in [1.807, 2.05) is 42.5 Å². The second kappa shape index (κ2) is 9.80. The lowest BCUT2D eigenvalue weighted by Crippen LogP contribution is -2.29. The molecule has 0 aliphatic rings. The van der Waals surface area contributed by atoms with Crippen molar-refractivity contribution in [3.05, 3.63) is 83.8 Å². The standard InChI is InChI=1S/C22H23FN4S/c1-16-5-2-3-7-20(16)27-21-13-12-19(15-25-21)26-22(28)24-14-4-6-17-8-10-18(23)11-9-17/h2-3,5,7-13,15H,4,6,14H2,1H3,(H,25,27)(H2,24,26,28). The SMILES string of the molecule is Cc1ccccc1Nc1ccc(NC(=S)NCCCc2ccc(F)cc2)cn1. The molecule has 4 nitrogen and oxygen atoms in total. The van der Waals surface area contributed by atoms with Crippen molar-refractivity contribution in [3.8, 4) is 0 Å². The number of thiocarbonyl (C=S) groups is 1. The van der Waals surface area contributed by atoms with E-state index in [2.05, 4.69) is 33.9 Å². The van der Waals surface area contributed by atoms with Gasteiger partial charge in [-0.05, 0) is 73.4 Å². The van der Waals surface area contributed by atoms with Crippen LogP contribution in [0.3, 0.4) is 0 Å². The Morgan fingerprint density at radius 1 is 1.04 bits per heavy atom. The van der Waals surface area contributed by atoms with Gasteiger partial charge in [0.1, 0.15) is 11.6 Å². The number of hydrogen-bond acceptors (Lipinski definition) is 3. The van der Waals surface area contributed by atoms with Gasteiger partial charge in [-0.3, -0.25) is 0 Å². The van der Waals surface area contributed by atoms with Crippen LogP contribution in [0.15, 0.2) is 66.9 Å². The predicted octanol–water partition coefficient (Wildman–Crippen LogP) is 5.19. The number of pyridine rings is 1. The summed E-state index contributed by atoms with van der Waals surface area (Å²) in [6, 6.07) is 18.5. The molecule has 3 rings (SSSR count). The van der Waals surface area contributed by atoms with E-state index in [0.29, 0.717) is 5.11 Å². The van der Waals surface area contributed by atoms with E-state index in [0.717, 1.165) is 47.7 Å². The van der Waals surface area contributed by atoms with Crippen molar-refractivity contribution in [1.29, 1.82) is 0 Å². The van der Waals surface area contributed by atoms with Crippen LogP contribution in [0.5, 0.6) is 0 Å². The average Bonchev–Trinajstić information content (AvgIpc) is 2.70. The lowest BCUT2D eigenvalue weighted by molar-refractivity contribution is 0.626. The van der Waals surface area contributed by atoms with Crippen LogP contribution in [0.1, 0.15) is 17.5 Å². The highest BCUT2D eigenvalue weighted by atomic mass is 32.1. The van der Waals surface area contributed by atoms with Crippen molar-refractivity contribution in [2.75, 3.05) is 17.2 Å². The number of hydrogen-bond donors (Lipinski definition) is 3. The molecule has 144 valence electrons. The van der Waals surface area contributed by atoms with Gasteiger partial charge in [-0.25, -0.2) is 9.37 Å². The van der Waals surface area contributed by atoms with Gasteiger partial charge in [-0.15, -0.1) is 0 Å². The number of halogens is 1. The van der Waals surface area contributed by atoms with Crippen molar-refractivity contribution in [2.45, 2.75) is 19.8 Å². The normalized spacial score (nSPS) is 10.4. The highest BCUT2D eigenvalue weighted by molar-refractivity contribution is 7.80. The van der Waals surface area contributed by atoms with E-state index < -0.39 is 0 Å². The van der Waals surface area contributed by atoms with Crippen molar-refractivity contribution in [3.63, 3.8) is 0 Å². The van der Waals surface area contributed by atoms with Gasteiger partial charge in [0.05, 0.1) is 11.9 Å². The lowest BCUT2D eigenvalue weighted by Gasteiger charge is -2.12. The van der Waals surface area contributed by atoms with Crippen molar-refractivity contribution < 1.29 is 4.39 Å². The number of nitrogens with one attached hydrogen (secondary N) is 3. The van der Waals surface area contributed by atoms with Crippen LogP contribution in [-0.4, -0.2) is 16.6 Å². The Hall–Kier alpha value is -2.99. The van der Waals surface area contributed by atoms with Crippen LogP contribution in [0, 0.1) is 12.7 Å². The Kier molecular flexibility index (Phi) is 6.92. The minimum Gasteiger partial charge on any atom is -0.362 e. The summed E-state index contributed by atoms with van der Waals surface area (Å²) in [5, 5.41) is 10.2. The van der Waals surface area contributed by atoms with Crippen LogP contribution in [0.2, 0.25) is 0 Å². The maximum absolute atomic E-state index is 12.9. The molecule has 6 heteroatoms. The van der Waals surface area contributed by atoms with E-state index in [4.69, 9.17) is 12.2 Å². The molecule has 2 aromatic carbocycles. The summed E-state index contributed by atoms with van der Waals surface area (Å²) < 4.78 is 12.9. The Labute approximate surface area is 170 Å². The molecule has 0 atom stereocenters. The molecule has 0 aliphatic carbocycles. The zero-order valence-electron chi connectivity index (χ0n) is 15.7. The zero-order valence-corrected chi connectivity index (χ0v) is 16.5. The molecular weight excluding hydrogens is 371 g/mol. The molecule has 0 spiro atoms. The van der Waals surface area contributed by atoms with E-state index in [1.54, 1.807) is 6.20 Å². The lowest BCUT2D eigenvalue weighted by atomic mass is 10.1. The first kappa shape index (κ1) is 19.8. The first-order valence-corrected chi connectivity index (χ1v) is 9.59. The fraction of sp³-hybridized carbons (Fsp3) is 0.182. The summed E-state index contributed by atoms with van der Waals surface area (Å²) in [5.74, 6) is 0.569. The van der Waals surface area contributed by atoms with Gasteiger partial charge in [0, 0.05) is 12.2 Å². The Balaban J connectivity index is 1.41. The van der Waals surface area contributed by atoms with E-state index >= 15 is 0 Å². The third-order valence-electron chi connectivity index (χ3n) is 4.27. The number of aromatic nitrogens is 1. The highest BCUT2D eigenvalue weighted by Gasteiger charge is 2.02. The topological polar surface area (TPSA) is 49.0 Å². The number of aryl methyl sites for hydroxylation is 2. The molecule has 3 aromatic rings. The predicted molar refractivity (Wildman–Crippen MR) is 118 cm³/mol. The minimum absolute atomic E-state index is 0.207. The molecule has 0 saturated carbocycles. The Bertz CT molecular complexity index is 911. The second-order valence-electron chi connectivity index (χ2n) is 6.48. The molecular formula is C22H23FN4S. The highest BCUT2D eigenvalue weighted by Crippen LogP contribution is 2.19. The number of benzene rings is 2. The summed E-state index contributed by atoms with van der Waals surface area (Å²) >= 11 is 5.32. The minimum atomic E-state index is -0.207. The largest absolute Gasteiger partial charge is 0.362 e. The number of anilines is 3. The summed E-state index contributed by atoms with van der Waals surface area (Å²) in [6.45, 7) is 2.79. The third-order valence-corrected chi connectivity index (χ3v) is 4.52. The third kappa shape index (κ3) is 6.03. The molecule has 0 bridgehead atoms. The number of nitrogens with zero attached hydrogens (tertiary/aromatic N) is 1. The summed E-state index contributed by atoms with van der Waals surface area (Å²) in [4.78, 5) is 4.42. The molecule has 0 aliphatic heterocycles. The fourth-order valence-corrected chi connectivity index (χ4v) is 2.93. The van der Waals surface area contributed by atoms with Crippen molar-refractivity contribution in [1.82, 2.24) is 10.3 Å². The van der Waals surface area contributed by atoms with E-state index in [9.17, 15) is 4.39 Å². The maximum atomic E-state index is 12.9. The van der Waals surface area contributed by atoms with Gasteiger partial charge in [0.2, 0.25) is 0 Å². The molecule has 1 heterocycles. The van der Waals surface area contributed by atoms with Crippen molar-refractivity contribution >= 4 is 34.5 Å². The van der Waals surface area contributed by atoms with Crippen molar-refractivity contribution in [2.24, 2.45) is 0 Å². The monoisotopic (exact) mass is 394 g/mol. The number of rotatable bonds is 7. The van der Waals surface area contributed by atoms with Gasteiger partial charge in [-0.2, -0.15) is 0 Å². The quantitative estimate of drug-likeness (QED) is 0.380. The van der Waals surface area contributed by atoms with Gasteiger partial charge in [-0.1, -0.05) is 30.3 Å². The van der Waals surface area contributed by atoms with Crippen LogP contribution in [0.4, 0.5) is 21.6 Å². The molecule has 0 unspecified atom stereocenters. The second-order valence-corrected chi connectivity index (χ2v) is 6.89. The Morgan fingerprint density at radius 2 is 1.82 bits per heavy atom. The van der Waals surface area contributed by atoms with Gasteiger partial charge in [0.15, 0.2) is 5.11 Å². The molecule has 0 saturated heterocycles. The van der Waals surface area contributed by atoms with Crippen LogP contribution in [0.25, 0.3) is 0 Å². The Morgan fingerprint density at radius 3 is 2.54 bits per heavy atom. The zero-order chi connectivity index (χ0) is 19.8. The van der Waals surface area contributed by atoms with E-state index in [1.165, 1.54) is 12.1 Å². The average molecular weight is 395 g/mol. The van der Waals surface area contributed by atoms with Gasteiger partial charge >= 0.3 is 0 Å². The molecule has 0 fully saturated rings. The van der Waals surface area contributed by atoms with Crippen LogP contribution < -0.4 is 16.0 Å². The maximum Gasteiger partial charge on any atom is 0.170 e. The number of para-hydroxylation sites is 1. The first-order chi connectivity index (χ1) is 13.6. The first-order valence-electron chi connectivity index (χ1n) is 9.18. The molecule has 1 aromatic heterocycles. The molecule has 0 amide bonds. The molecule has 0 radical (unpaired) electrons. The smallest absolute Gasteiger partial charge is 0.170 e. The molecule has 3 N–H and O–H groups in total. The van der Waals surface area contributed by atoms with E-state index in [-0.39, 0.29) is 5.82 Å².